The predicted octanol–water partition coefficient (Wildman–Crippen LogP) is 3.05. The highest BCUT2D eigenvalue weighted by Gasteiger charge is 2.26. The molecule has 0 unspecified atom stereocenters. The van der Waals surface area contributed by atoms with Crippen molar-refractivity contribution in [2.75, 3.05) is 31.5 Å². The molecule has 5 heteroatoms. The van der Waals surface area contributed by atoms with Crippen LogP contribution in [0.2, 0.25) is 0 Å². The van der Waals surface area contributed by atoms with Crippen molar-refractivity contribution < 1.29 is 14.3 Å². The first-order chi connectivity index (χ1) is 9.49. The fourth-order valence-electron chi connectivity index (χ4n) is 1.43. The molecule has 112 valence electrons. The summed E-state index contributed by atoms with van der Waals surface area (Å²) in [5, 5.41) is 2.87. The van der Waals surface area contributed by atoms with E-state index in [1.54, 1.807) is 7.11 Å². The van der Waals surface area contributed by atoms with Crippen LogP contribution in [0, 0.1) is 5.41 Å². The van der Waals surface area contributed by atoms with Crippen molar-refractivity contribution in [2.45, 2.75) is 20.5 Å². The Bertz CT molecular complexity index is 435. The van der Waals surface area contributed by atoms with Crippen molar-refractivity contribution in [1.82, 2.24) is 0 Å². The van der Waals surface area contributed by atoms with Crippen molar-refractivity contribution in [1.29, 1.82) is 0 Å². The van der Waals surface area contributed by atoms with Gasteiger partial charge in [-0.3, -0.25) is 4.79 Å². The maximum absolute atomic E-state index is 12.0. The van der Waals surface area contributed by atoms with Crippen molar-refractivity contribution >= 4 is 23.2 Å². The SMILES string of the molecule is COCCOCc1cccc(NC(=O)C(C)(C)CCl)c1. The molecule has 0 aromatic heterocycles. The number of anilines is 1. The number of hydrogen-bond donors (Lipinski definition) is 1. The first kappa shape index (κ1) is 17.0. The van der Waals surface area contributed by atoms with E-state index < -0.39 is 5.41 Å². The number of carbonyl (C=O) groups is 1. The van der Waals surface area contributed by atoms with Crippen LogP contribution in [-0.4, -0.2) is 32.1 Å². The van der Waals surface area contributed by atoms with Gasteiger partial charge in [0, 0.05) is 18.7 Å². The Hall–Kier alpha value is -1.10. The van der Waals surface area contributed by atoms with E-state index in [4.69, 9.17) is 21.1 Å². The Labute approximate surface area is 125 Å². The summed E-state index contributed by atoms with van der Waals surface area (Å²) in [7, 11) is 1.64. The van der Waals surface area contributed by atoms with Gasteiger partial charge < -0.3 is 14.8 Å². The molecule has 0 radical (unpaired) electrons. The molecule has 0 aliphatic carbocycles. The van der Waals surface area contributed by atoms with E-state index in [9.17, 15) is 4.79 Å². The topological polar surface area (TPSA) is 47.6 Å². The van der Waals surface area contributed by atoms with Crippen molar-refractivity contribution in [3.8, 4) is 0 Å². The summed E-state index contributed by atoms with van der Waals surface area (Å²) in [6, 6.07) is 7.59. The molecule has 0 bridgehead atoms. The second kappa shape index (κ2) is 8.25. The van der Waals surface area contributed by atoms with E-state index >= 15 is 0 Å². The van der Waals surface area contributed by atoms with Crippen LogP contribution in [0.5, 0.6) is 0 Å². The van der Waals surface area contributed by atoms with Crippen LogP contribution in [0.25, 0.3) is 0 Å². The maximum atomic E-state index is 12.0. The van der Waals surface area contributed by atoms with Gasteiger partial charge in [-0.1, -0.05) is 12.1 Å². The summed E-state index contributed by atoms with van der Waals surface area (Å²) in [5.74, 6) is 0.184. The number of halogens is 1. The molecule has 1 rings (SSSR count). The predicted molar refractivity (Wildman–Crippen MR) is 81.1 cm³/mol. The van der Waals surface area contributed by atoms with Crippen molar-refractivity contribution in [3.63, 3.8) is 0 Å². The summed E-state index contributed by atoms with van der Waals surface area (Å²) >= 11 is 5.79. The lowest BCUT2D eigenvalue weighted by molar-refractivity contribution is -0.122. The Morgan fingerprint density at radius 2 is 2.10 bits per heavy atom. The number of alkyl halides is 1. The standard InChI is InChI=1S/C15H22ClNO3/c1-15(2,11-16)14(18)17-13-6-4-5-12(9-13)10-20-8-7-19-3/h4-6,9H,7-8,10-11H2,1-3H3,(H,17,18). The molecule has 0 atom stereocenters. The Balaban J connectivity index is 2.57. The van der Waals surface area contributed by atoms with E-state index in [-0.39, 0.29) is 11.8 Å². The Kier molecular flexibility index (Phi) is 6.99. The van der Waals surface area contributed by atoms with Crippen LogP contribution in [-0.2, 0) is 20.9 Å². The molecule has 0 heterocycles. The first-order valence-electron chi connectivity index (χ1n) is 6.52. The van der Waals surface area contributed by atoms with Crippen LogP contribution < -0.4 is 5.32 Å². The number of amides is 1. The van der Waals surface area contributed by atoms with Gasteiger partial charge >= 0.3 is 0 Å². The van der Waals surface area contributed by atoms with Crippen LogP contribution in [0.3, 0.4) is 0 Å². The number of nitrogens with one attached hydrogen (secondary N) is 1. The molecule has 4 nitrogen and oxygen atoms in total. The number of rotatable bonds is 8. The van der Waals surface area contributed by atoms with Crippen LogP contribution >= 0.6 is 11.6 Å². The van der Waals surface area contributed by atoms with Crippen LogP contribution in [0.15, 0.2) is 24.3 Å². The average molecular weight is 300 g/mol. The van der Waals surface area contributed by atoms with Crippen molar-refractivity contribution in [3.05, 3.63) is 29.8 Å². The fourth-order valence-corrected chi connectivity index (χ4v) is 1.55. The van der Waals surface area contributed by atoms with Crippen LogP contribution in [0.4, 0.5) is 5.69 Å². The number of ether oxygens (including phenoxy) is 2. The van der Waals surface area contributed by atoms with Crippen molar-refractivity contribution in [2.24, 2.45) is 5.41 Å². The fraction of sp³-hybridized carbons (Fsp3) is 0.533. The highest BCUT2D eigenvalue weighted by molar-refractivity contribution is 6.20. The number of carbonyl (C=O) groups excluding carboxylic acids is 1. The van der Waals surface area contributed by atoms with Gasteiger partial charge in [0.1, 0.15) is 0 Å². The minimum Gasteiger partial charge on any atom is -0.382 e. The molecule has 0 aliphatic heterocycles. The van der Waals surface area contributed by atoms with E-state index in [0.717, 1.165) is 11.3 Å². The zero-order chi connectivity index (χ0) is 15.0. The van der Waals surface area contributed by atoms with E-state index in [0.29, 0.717) is 19.8 Å². The molecule has 1 aromatic rings. The second-order valence-corrected chi connectivity index (χ2v) is 5.48. The van der Waals surface area contributed by atoms with Gasteiger partial charge in [0.15, 0.2) is 0 Å². The monoisotopic (exact) mass is 299 g/mol. The van der Waals surface area contributed by atoms with E-state index in [1.807, 2.05) is 38.1 Å². The Morgan fingerprint density at radius 1 is 1.35 bits per heavy atom. The van der Waals surface area contributed by atoms with Crippen LogP contribution in [0.1, 0.15) is 19.4 Å². The van der Waals surface area contributed by atoms with E-state index in [1.165, 1.54) is 0 Å². The average Bonchev–Trinajstić information content (AvgIpc) is 2.44. The molecule has 1 N–H and O–H groups in total. The smallest absolute Gasteiger partial charge is 0.231 e. The largest absolute Gasteiger partial charge is 0.382 e. The molecule has 0 spiro atoms. The summed E-state index contributed by atoms with van der Waals surface area (Å²) in [5.41, 5.74) is 1.16. The zero-order valence-corrected chi connectivity index (χ0v) is 13.0. The highest BCUT2D eigenvalue weighted by atomic mass is 35.5. The molecule has 0 saturated carbocycles. The summed E-state index contributed by atoms with van der Waals surface area (Å²) < 4.78 is 10.4. The summed E-state index contributed by atoms with van der Waals surface area (Å²) in [6.07, 6.45) is 0. The van der Waals surface area contributed by atoms with Gasteiger partial charge in [-0.15, -0.1) is 11.6 Å². The number of hydrogen-bond acceptors (Lipinski definition) is 3. The lowest BCUT2D eigenvalue weighted by Crippen LogP contribution is -2.32. The minimum atomic E-state index is -0.591. The Morgan fingerprint density at radius 3 is 2.75 bits per heavy atom. The van der Waals surface area contributed by atoms with Gasteiger partial charge in [-0.05, 0) is 31.5 Å². The third-order valence-electron chi connectivity index (χ3n) is 2.83. The molecule has 0 aliphatic rings. The highest BCUT2D eigenvalue weighted by Crippen LogP contribution is 2.20. The van der Waals surface area contributed by atoms with Gasteiger partial charge in [0.2, 0.25) is 5.91 Å². The lowest BCUT2D eigenvalue weighted by atomic mass is 9.95. The van der Waals surface area contributed by atoms with Gasteiger partial charge in [0.05, 0.1) is 25.2 Å². The molecular formula is C15H22ClNO3. The second-order valence-electron chi connectivity index (χ2n) is 5.22. The van der Waals surface area contributed by atoms with Gasteiger partial charge in [0.25, 0.3) is 0 Å². The lowest BCUT2D eigenvalue weighted by Gasteiger charge is -2.20. The molecule has 0 fully saturated rings. The number of benzene rings is 1. The molecular weight excluding hydrogens is 278 g/mol. The van der Waals surface area contributed by atoms with E-state index in [2.05, 4.69) is 5.32 Å². The maximum Gasteiger partial charge on any atom is 0.231 e. The summed E-state index contributed by atoms with van der Waals surface area (Å²) in [6.45, 7) is 5.23. The zero-order valence-electron chi connectivity index (χ0n) is 12.2. The molecule has 20 heavy (non-hydrogen) atoms. The third kappa shape index (κ3) is 5.49. The third-order valence-corrected chi connectivity index (χ3v) is 3.50. The molecule has 1 amide bonds. The molecule has 0 saturated heterocycles. The van der Waals surface area contributed by atoms with Gasteiger partial charge in [-0.25, -0.2) is 0 Å². The minimum absolute atomic E-state index is 0.0926. The molecule has 1 aromatic carbocycles. The summed E-state index contributed by atoms with van der Waals surface area (Å²) in [4.78, 5) is 12.0. The normalized spacial score (nSPS) is 11.4. The quantitative estimate of drug-likeness (QED) is 0.593. The first-order valence-corrected chi connectivity index (χ1v) is 7.06. The number of methoxy groups -OCH3 is 1. The van der Waals surface area contributed by atoms with Gasteiger partial charge in [-0.2, -0.15) is 0 Å².